The van der Waals surface area contributed by atoms with Gasteiger partial charge in [-0.1, -0.05) is 11.6 Å². The Balaban J connectivity index is 2.39. The minimum absolute atomic E-state index is 0.0563. The molecular weight excluding hydrogens is 313 g/mol. The zero-order chi connectivity index (χ0) is 15.6. The van der Waals surface area contributed by atoms with Gasteiger partial charge in [-0.05, 0) is 0 Å². The van der Waals surface area contributed by atoms with E-state index < -0.39 is 18.0 Å². The third kappa shape index (κ3) is 3.53. The predicted octanol–water partition coefficient (Wildman–Crippen LogP) is 1.10. The average Bonchev–Trinajstić information content (AvgIpc) is 2.45. The van der Waals surface area contributed by atoms with Gasteiger partial charge in [-0.15, -0.1) is 0 Å². The van der Waals surface area contributed by atoms with E-state index in [2.05, 4.69) is 15.3 Å². The van der Waals surface area contributed by atoms with Gasteiger partial charge in [0.25, 0.3) is 0 Å². The lowest BCUT2D eigenvalue weighted by Crippen LogP contribution is -2.53. The maximum atomic E-state index is 12.7. The van der Waals surface area contributed by atoms with Gasteiger partial charge in [0.2, 0.25) is 11.7 Å². The summed E-state index contributed by atoms with van der Waals surface area (Å²) in [6.07, 6.45) is -4.71. The summed E-state index contributed by atoms with van der Waals surface area (Å²) in [6.45, 7) is 0.557. The number of morpholine rings is 1. The first-order chi connectivity index (χ1) is 9.82. The Kier molecular flexibility index (Phi) is 4.52. The van der Waals surface area contributed by atoms with Crippen LogP contribution in [0.2, 0.25) is 5.15 Å². The molecule has 0 bridgehead atoms. The smallest absolute Gasteiger partial charge is 0.377 e. The molecule has 116 valence electrons. The molecule has 6 nitrogen and oxygen atoms in total. The van der Waals surface area contributed by atoms with E-state index in [0.717, 1.165) is 0 Å². The molecule has 2 rings (SSSR count). The molecule has 0 spiro atoms. The number of halogens is 4. The summed E-state index contributed by atoms with van der Waals surface area (Å²) >= 11 is 5.63. The van der Waals surface area contributed by atoms with Gasteiger partial charge < -0.3 is 15.0 Å². The van der Waals surface area contributed by atoms with Crippen molar-refractivity contribution in [3.05, 3.63) is 17.0 Å². The minimum atomic E-state index is -4.71. The van der Waals surface area contributed by atoms with E-state index in [4.69, 9.17) is 16.3 Å². The van der Waals surface area contributed by atoms with Crippen molar-refractivity contribution in [2.75, 3.05) is 31.7 Å². The van der Waals surface area contributed by atoms with Crippen LogP contribution in [0.4, 0.5) is 19.0 Å². The Morgan fingerprint density at radius 3 is 2.86 bits per heavy atom. The van der Waals surface area contributed by atoms with Crippen LogP contribution in [0.1, 0.15) is 5.82 Å². The van der Waals surface area contributed by atoms with E-state index in [1.54, 1.807) is 0 Å². The third-order valence-electron chi connectivity index (χ3n) is 2.91. The van der Waals surface area contributed by atoms with Crippen LogP contribution in [0, 0.1) is 0 Å². The molecule has 0 aliphatic carbocycles. The molecule has 1 aliphatic rings. The molecule has 1 unspecified atom stereocenters. The van der Waals surface area contributed by atoms with E-state index in [9.17, 15) is 18.0 Å². The first-order valence-corrected chi connectivity index (χ1v) is 6.38. The summed E-state index contributed by atoms with van der Waals surface area (Å²) in [5.41, 5.74) is 0. The van der Waals surface area contributed by atoms with Gasteiger partial charge >= 0.3 is 6.18 Å². The van der Waals surface area contributed by atoms with Crippen LogP contribution in [-0.2, 0) is 15.7 Å². The van der Waals surface area contributed by atoms with E-state index >= 15 is 0 Å². The second-order valence-corrected chi connectivity index (χ2v) is 4.66. The normalized spacial score (nSPS) is 19.5. The Bertz CT molecular complexity index is 541. The SMILES string of the molecule is CNC(=O)C1COCCN1c1cc(Cl)nc(C(F)(F)F)n1. The van der Waals surface area contributed by atoms with E-state index in [1.807, 2.05) is 0 Å². The minimum Gasteiger partial charge on any atom is -0.377 e. The number of carbonyl (C=O) groups is 1. The number of nitrogens with one attached hydrogen (secondary N) is 1. The lowest BCUT2D eigenvalue weighted by atomic mass is 10.2. The first kappa shape index (κ1) is 15.8. The van der Waals surface area contributed by atoms with Crippen molar-refractivity contribution in [2.24, 2.45) is 0 Å². The molecule has 1 aliphatic heterocycles. The Hall–Kier alpha value is -1.61. The Morgan fingerprint density at radius 1 is 1.52 bits per heavy atom. The Labute approximate surface area is 123 Å². The van der Waals surface area contributed by atoms with Crippen molar-refractivity contribution in [3.8, 4) is 0 Å². The summed E-state index contributed by atoms with van der Waals surface area (Å²) in [6, 6.07) is 0.425. The van der Waals surface area contributed by atoms with Crippen molar-refractivity contribution in [3.63, 3.8) is 0 Å². The van der Waals surface area contributed by atoms with Gasteiger partial charge in [0, 0.05) is 19.7 Å². The molecule has 1 aromatic rings. The Morgan fingerprint density at radius 2 is 2.24 bits per heavy atom. The van der Waals surface area contributed by atoms with Gasteiger partial charge in [0.05, 0.1) is 13.2 Å². The lowest BCUT2D eigenvalue weighted by Gasteiger charge is -2.35. The first-order valence-electron chi connectivity index (χ1n) is 6.00. The number of amides is 1. The second kappa shape index (κ2) is 6.02. The fraction of sp³-hybridized carbons (Fsp3) is 0.545. The molecule has 0 aromatic carbocycles. The summed E-state index contributed by atoms with van der Waals surface area (Å²) in [5.74, 6) is -1.77. The van der Waals surface area contributed by atoms with Crippen LogP contribution < -0.4 is 10.2 Å². The van der Waals surface area contributed by atoms with Crippen molar-refractivity contribution in [1.29, 1.82) is 0 Å². The quantitative estimate of drug-likeness (QED) is 0.825. The maximum absolute atomic E-state index is 12.7. The van der Waals surface area contributed by atoms with Crippen molar-refractivity contribution < 1.29 is 22.7 Å². The zero-order valence-electron chi connectivity index (χ0n) is 10.9. The van der Waals surface area contributed by atoms with Gasteiger partial charge in [-0.2, -0.15) is 13.2 Å². The fourth-order valence-electron chi connectivity index (χ4n) is 1.94. The topological polar surface area (TPSA) is 67.3 Å². The number of carbonyl (C=O) groups excluding carboxylic acids is 1. The number of rotatable bonds is 2. The largest absolute Gasteiger partial charge is 0.451 e. The summed E-state index contributed by atoms with van der Waals surface area (Å²) in [4.78, 5) is 19.8. The van der Waals surface area contributed by atoms with Gasteiger partial charge in [-0.3, -0.25) is 4.79 Å². The molecule has 1 aromatic heterocycles. The number of aromatic nitrogens is 2. The number of likely N-dealkylation sites (N-methyl/N-ethyl adjacent to an activating group) is 1. The summed E-state index contributed by atoms with van der Waals surface area (Å²) in [5, 5.41) is 2.10. The monoisotopic (exact) mass is 324 g/mol. The maximum Gasteiger partial charge on any atom is 0.451 e. The number of hydrogen-bond donors (Lipinski definition) is 1. The predicted molar refractivity (Wildman–Crippen MR) is 68.1 cm³/mol. The molecule has 1 fully saturated rings. The molecule has 1 atom stereocenters. The van der Waals surface area contributed by atoms with Crippen LogP contribution in [0.5, 0.6) is 0 Å². The van der Waals surface area contributed by atoms with Crippen LogP contribution in [-0.4, -0.2) is 48.7 Å². The van der Waals surface area contributed by atoms with Gasteiger partial charge in [0.1, 0.15) is 17.0 Å². The highest BCUT2D eigenvalue weighted by Crippen LogP contribution is 2.30. The highest BCUT2D eigenvalue weighted by atomic mass is 35.5. The van der Waals surface area contributed by atoms with Crippen molar-refractivity contribution in [1.82, 2.24) is 15.3 Å². The molecular formula is C11H12ClF3N4O2. The molecule has 2 heterocycles. The fourth-order valence-corrected chi connectivity index (χ4v) is 2.12. The lowest BCUT2D eigenvalue weighted by molar-refractivity contribution is -0.144. The number of nitrogens with zero attached hydrogens (tertiary/aromatic N) is 3. The van der Waals surface area contributed by atoms with Gasteiger partial charge in [0.15, 0.2) is 0 Å². The molecule has 10 heteroatoms. The van der Waals surface area contributed by atoms with E-state index in [1.165, 1.54) is 18.0 Å². The molecule has 0 radical (unpaired) electrons. The highest BCUT2D eigenvalue weighted by Gasteiger charge is 2.37. The molecule has 1 amide bonds. The number of alkyl halides is 3. The average molecular weight is 325 g/mol. The van der Waals surface area contributed by atoms with Crippen LogP contribution >= 0.6 is 11.6 Å². The summed E-state index contributed by atoms with van der Waals surface area (Å²) in [7, 11) is 1.43. The zero-order valence-corrected chi connectivity index (χ0v) is 11.7. The van der Waals surface area contributed by atoms with E-state index in [0.29, 0.717) is 0 Å². The van der Waals surface area contributed by atoms with Crippen molar-refractivity contribution in [2.45, 2.75) is 12.2 Å². The molecule has 1 N–H and O–H groups in total. The van der Waals surface area contributed by atoms with Crippen molar-refractivity contribution >= 4 is 23.3 Å². The number of ether oxygens (including phenoxy) is 1. The molecule has 1 saturated heterocycles. The number of hydrogen-bond acceptors (Lipinski definition) is 5. The summed E-state index contributed by atoms with van der Waals surface area (Å²) < 4.78 is 43.4. The van der Waals surface area contributed by atoms with Crippen LogP contribution in [0.3, 0.4) is 0 Å². The standard InChI is InChI=1S/C11H12ClF3N4O2/c1-16-9(20)6-5-21-3-2-19(6)8-4-7(12)17-10(18-8)11(13,14)15/h4,6H,2-3,5H2,1H3,(H,16,20). The van der Waals surface area contributed by atoms with Crippen LogP contribution in [0.15, 0.2) is 6.07 Å². The molecule has 21 heavy (non-hydrogen) atoms. The van der Waals surface area contributed by atoms with Crippen LogP contribution in [0.25, 0.3) is 0 Å². The van der Waals surface area contributed by atoms with E-state index in [-0.39, 0.29) is 36.6 Å². The third-order valence-corrected chi connectivity index (χ3v) is 3.10. The van der Waals surface area contributed by atoms with Gasteiger partial charge in [-0.25, -0.2) is 9.97 Å². The number of anilines is 1. The second-order valence-electron chi connectivity index (χ2n) is 4.27. The molecule has 0 saturated carbocycles. The highest BCUT2D eigenvalue weighted by molar-refractivity contribution is 6.29.